The van der Waals surface area contributed by atoms with Crippen molar-refractivity contribution in [1.82, 2.24) is 0 Å². The molecule has 0 unspecified atom stereocenters. The van der Waals surface area contributed by atoms with Gasteiger partial charge in [0.2, 0.25) is 0 Å². The van der Waals surface area contributed by atoms with E-state index < -0.39 is 5.97 Å². The highest BCUT2D eigenvalue weighted by atomic mass is 16.5. The molecule has 0 aromatic heterocycles. The first-order valence-electron chi connectivity index (χ1n) is 14.6. The largest absolute Gasteiger partial charge is 0.489 e. The predicted octanol–water partition coefficient (Wildman–Crippen LogP) is 7.52. The van der Waals surface area contributed by atoms with Gasteiger partial charge in [0.05, 0.1) is 6.10 Å². The lowest BCUT2D eigenvalue weighted by Gasteiger charge is -2.52. The zero-order chi connectivity index (χ0) is 27.7. The number of hydrogen-bond acceptors (Lipinski definition) is 3. The van der Waals surface area contributed by atoms with Crippen LogP contribution in [0.2, 0.25) is 0 Å². The van der Waals surface area contributed by atoms with Crippen molar-refractivity contribution in [1.29, 1.82) is 0 Å². The molecular weight excluding hydrogens is 496 g/mol. The summed E-state index contributed by atoms with van der Waals surface area (Å²) in [4.78, 5) is 10.8. The Bertz CT molecular complexity index is 1410. The number of rotatable bonds is 7. The second kappa shape index (κ2) is 11.1. The summed E-state index contributed by atoms with van der Waals surface area (Å²) in [5.41, 5.74) is 6.01. The van der Waals surface area contributed by atoms with Gasteiger partial charge in [-0.05, 0) is 107 Å². The first-order valence-corrected chi connectivity index (χ1v) is 14.6. The van der Waals surface area contributed by atoms with E-state index in [9.17, 15) is 9.90 Å². The summed E-state index contributed by atoms with van der Waals surface area (Å²) >= 11 is 0. The number of benzene rings is 3. The summed E-state index contributed by atoms with van der Waals surface area (Å²) < 4.78 is 6.21. The van der Waals surface area contributed by atoms with Crippen molar-refractivity contribution in [3.8, 4) is 5.75 Å². The number of allylic oxidation sites excluding steroid dienone is 1. The lowest BCUT2D eigenvalue weighted by molar-refractivity contribution is -0.131. The summed E-state index contributed by atoms with van der Waals surface area (Å²) in [7, 11) is 0. The molecule has 6 rings (SSSR count). The highest BCUT2D eigenvalue weighted by Gasteiger charge is 2.56. The van der Waals surface area contributed by atoms with Gasteiger partial charge in [-0.1, -0.05) is 79.7 Å². The van der Waals surface area contributed by atoms with Crippen LogP contribution in [-0.4, -0.2) is 22.3 Å². The number of ether oxygens (including phenoxy) is 1. The van der Waals surface area contributed by atoms with E-state index in [-0.39, 0.29) is 11.5 Å². The van der Waals surface area contributed by atoms with Crippen LogP contribution < -0.4 is 4.74 Å². The molecule has 4 nitrogen and oxygen atoms in total. The van der Waals surface area contributed by atoms with Gasteiger partial charge in [-0.2, -0.15) is 0 Å². The molecule has 0 heterocycles. The number of hydrogen-bond donors (Lipinski definition) is 2. The number of aliphatic hydroxyl groups excluding tert-OH is 1. The average molecular weight is 535 g/mol. The monoisotopic (exact) mass is 534 g/mol. The number of aliphatic carboxylic acids is 1. The van der Waals surface area contributed by atoms with Gasteiger partial charge in [-0.3, -0.25) is 0 Å². The van der Waals surface area contributed by atoms with Gasteiger partial charge in [-0.15, -0.1) is 0 Å². The van der Waals surface area contributed by atoms with Crippen molar-refractivity contribution in [2.45, 2.75) is 57.7 Å². The van der Waals surface area contributed by atoms with E-state index in [4.69, 9.17) is 9.84 Å². The molecule has 3 aliphatic carbocycles. The molecule has 206 valence electrons. The van der Waals surface area contributed by atoms with Gasteiger partial charge in [-0.25, -0.2) is 4.79 Å². The maximum absolute atomic E-state index is 11.0. The molecule has 2 N–H and O–H groups in total. The molecule has 0 saturated heterocycles. The molecule has 0 radical (unpaired) electrons. The maximum atomic E-state index is 11.0. The van der Waals surface area contributed by atoms with Crippen molar-refractivity contribution in [2.24, 2.45) is 23.2 Å². The molecule has 0 amide bonds. The lowest BCUT2D eigenvalue weighted by Crippen LogP contribution is -2.46. The number of carboxylic acids is 1. The molecule has 0 aliphatic heterocycles. The van der Waals surface area contributed by atoms with Crippen LogP contribution in [0, 0.1) is 23.2 Å². The normalized spacial score (nSPS) is 29.2. The number of fused-ring (bicyclic) bond motifs is 5. The summed E-state index contributed by atoms with van der Waals surface area (Å²) in [6.07, 6.45) is 12.4. The van der Waals surface area contributed by atoms with Gasteiger partial charge in [0, 0.05) is 6.08 Å². The third kappa shape index (κ3) is 5.25. The standard InChI is InChI=1S/C36H38O4/c1-36-20-19-31-30-15-14-29(40-23-26-5-3-2-4-6-26)22-28(30)21-27(35(31)32(36)16-17-33(36)37)13-11-24-7-9-25(10-8-24)12-18-34(38)39/h2-15,18,22,27,31-33,35,37H,16-17,19-21,23H2,1H3,(H,38,39)/t27-,31-,32+,33+,35-,36+/m1/s1. The summed E-state index contributed by atoms with van der Waals surface area (Å²) in [6, 6.07) is 25.0. The van der Waals surface area contributed by atoms with Crippen molar-refractivity contribution in [3.63, 3.8) is 0 Å². The molecule has 0 spiro atoms. The minimum absolute atomic E-state index is 0.00161. The van der Waals surface area contributed by atoms with Gasteiger partial charge in [0.15, 0.2) is 0 Å². The van der Waals surface area contributed by atoms with Crippen LogP contribution in [-0.2, 0) is 17.8 Å². The fourth-order valence-corrected chi connectivity index (χ4v) is 7.79. The number of carboxylic acid groups (broad SMARTS) is 1. The van der Waals surface area contributed by atoms with E-state index in [1.54, 1.807) is 6.08 Å². The van der Waals surface area contributed by atoms with E-state index in [2.05, 4.69) is 49.4 Å². The topological polar surface area (TPSA) is 66.8 Å². The Morgan fingerprint density at radius 3 is 2.48 bits per heavy atom. The molecular formula is C36H38O4. The highest BCUT2D eigenvalue weighted by Crippen LogP contribution is 2.62. The van der Waals surface area contributed by atoms with Gasteiger partial charge in [0.25, 0.3) is 0 Å². The zero-order valence-corrected chi connectivity index (χ0v) is 23.1. The Morgan fingerprint density at radius 1 is 0.975 bits per heavy atom. The van der Waals surface area contributed by atoms with Crippen LogP contribution in [0.5, 0.6) is 5.75 Å². The van der Waals surface area contributed by atoms with Crippen molar-refractivity contribution < 1.29 is 19.7 Å². The Hall–Kier alpha value is -3.63. The minimum atomic E-state index is -0.943. The Labute approximate surface area is 237 Å². The molecule has 3 aliphatic rings. The highest BCUT2D eigenvalue weighted by molar-refractivity contribution is 5.85. The van der Waals surface area contributed by atoms with Crippen molar-refractivity contribution >= 4 is 18.1 Å². The number of aliphatic hydroxyl groups is 1. The quantitative estimate of drug-likeness (QED) is 0.308. The van der Waals surface area contributed by atoms with Crippen LogP contribution in [0.3, 0.4) is 0 Å². The molecule has 2 fully saturated rings. The third-order valence-corrected chi connectivity index (χ3v) is 9.89. The summed E-state index contributed by atoms with van der Waals surface area (Å²) in [5.74, 6) is 1.87. The van der Waals surface area contributed by atoms with Crippen LogP contribution in [0.4, 0.5) is 0 Å². The summed E-state index contributed by atoms with van der Waals surface area (Å²) in [5, 5.41) is 19.9. The maximum Gasteiger partial charge on any atom is 0.328 e. The van der Waals surface area contributed by atoms with Gasteiger partial charge >= 0.3 is 5.97 Å². The third-order valence-electron chi connectivity index (χ3n) is 9.89. The van der Waals surface area contributed by atoms with Gasteiger partial charge < -0.3 is 14.9 Å². The molecule has 6 atom stereocenters. The van der Waals surface area contributed by atoms with E-state index in [1.807, 2.05) is 42.5 Å². The first kappa shape index (κ1) is 26.6. The predicted molar refractivity (Wildman–Crippen MR) is 159 cm³/mol. The average Bonchev–Trinajstić information content (AvgIpc) is 3.28. The van der Waals surface area contributed by atoms with Gasteiger partial charge in [0.1, 0.15) is 12.4 Å². The van der Waals surface area contributed by atoms with Crippen LogP contribution in [0.15, 0.2) is 84.9 Å². The number of carbonyl (C=O) groups is 1. The molecule has 0 bridgehead atoms. The Kier molecular flexibility index (Phi) is 7.37. The first-order chi connectivity index (χ1) is 19.4. The Morgan fingerprint density at radius 2 is 1.73 bits per heavy atom. The second-order valence-corrected chi connectivity index (χ2v) is 12.1. The molecule has 40 heavy (non-hydrogen) atoms. The van der Waals surface area contributed by atoms with Crippen molar-refractivity contribution in [2.75, 3.05) is 0 Å². The lowest BCUT2D eigenvalue weighted by atomic mass is 9.52. The van der Waals surface area contributed by atoms with E-state index in [0.717, 1.165) is 54.5 Å². The Balaban J connectivity index is 1.28. The second-order valence-electron chi connectivity index (χ2n) is 12.1. The fraction of sp³-hybridized carbons (Fsp3) is 0.361. The van der Waals surface area contributed by atoms with Crippen LogP contribution in [0.25, 0.3) is 12.2 Å². The van der Waals surface area contributed by atoms with E-state index in [0.29, 0.717) is 30.3 Å². The van der Waals surface area contributed by atoms with E-state index in [1.165, 1.54) is 17.2 Å². The summed E-state index contributed by atoms with van der Waals surface area (Å²) in [6.45, 7) is 2.89. The molecule has 4 heteroatoms. The molecule has 3 aromatic rings. The molecule has 3 aromatic carbocycles. The van der Waals surface area contributed by atoms with E-state index >= 15 is 0 Å². The van der Waals surface area contributed by atoms with Crippen LogP contribution >= 0.6 is 0 Å². The SMILES string of the molecule is C[C@]12CC[C@@H]3c4ccc(OCc5ccccc5)cc4C[C@@H](C=Cc4ccc(C=CC(=O)O)cc4)[C@H]3[C@@H]1CC[C@@H]2O. The fourth-order valence-electron chi connectivity index (χ4n) is 7.79. The van der Waals surface area contributed by atoms with Crippen LogP contribution in [0.1, 0.15) is 66.3 Å². The zero-order valence-electron chi connectivity index (χ0n) is 23.1. The van der Waals surface area contributed by atoms with Crippen molar-refractivity contribution in [3.05, 3.63) is 113 Å². The minimum Gasteiger partial charge on any atom is -0.489 e. The smallest absolute Gasteiger partial charge is 0.328 e. The molecule has 2 saturated carbocycles.